The average molecular weight is 2110 g/mol. The summed E-state index contributed by atoms with van der Waals surface area (Å²) in [5.41, 5.74) is 6.33. The molecule has 3 aliphatic heterocycles. The van der Waals surface area contributed by atoms with Crippen LogP contribution in [0, 0.1) is 65.1 Å². The van der Waals surface area contributed by atoms with Gasteiger partial charge in [0.05, 0.1) is 36.5 Å². The lowest BCUT2D eigenvalue weighted by molar-refractivity contribution is -0.136. The van der Waals surface area contributed by atoms with Crippen LogP contribution in [0.3, 0.4) is 0 Å². The minimum atomic E-state index is -3.38. The molecule has 3 aliphatic rings. The van der Waals surface area contributed by atoms with Crippen LogP contribution in [-0.4, -0.2) is 232 Å². The van der Waals surface area contributed by atoms with Crippen LogP contribution >= 0.6 is 7.60 Å². The molecule has 2 aromatic rings. The highest BCUT2D eigenvalue weighted by atomic mass is 31.2. The second-order valence-corrected chi connectivity index (χ2v) is 66.6. The van der Waals surface area contributed by atoms with Gasteiger partial charge in [0.25, 0.3) is 0 Å². The quantitative estimate of drug-likeness (QED) is 0.0155. The predicted octanol–water partition coefficient (Wildman–Crippen LogP) is 24.9. The van der Waals surface area contributed by atoms with E-state index >= 15 is 0 Å². The van der Waals surface area contributed by atoms with Gasteiger partial charge in [-0.2, -0.15) is 0 Å². The van der Waals surface area contributed by atoms with Gasteiger partial charge in [0.1, 0.15) is 62.1 Å². The van der Waals surface area contributed by atoms with Crippen molar-refractivity contribution in [1.82, 2.24) is 15.1 Å². The highest BCUT2D eigenvalue weighted by molar-refractivity contribution is 7.54. The van der Waals surface area contributed by atoms with Crippen LogP contribution in [-0.2, 0) is 106 Å². The third kappa shape index (κ3) is 43.9. The number of hydrogen-bond acceptors (Lipinski definition) is 23. The lowest BCUT2D eigenvalue weighted by atomic mass is 9.84. The second-order valence-electron chi connectivity index (χ2n) is 45.3. The van der Waals surface area contributed by atoms with Gasteiger partial charge in [-0.1, -0.05) is 285 Å². The summed E-state index contributed by atoms with van der Waals surface area (Å²) >= 11 is 0. The largest absolute Gasteiger partial charge is 0.447 e. The van der Waals surface area contributed by atoms with Crippen molar-refractivity contribution in [2.24, 2.45) is 65.1 Å². The molecule has 31 heteroatoms. The zero-order chi connectivity index (χ0) is 112. The number of carbonyl (C=O) groups excluding carboxylic acids is 9. The maximum atomic E-state index is 13.6. The van der Waals surface area contributed by atoms with Crippen LogP contribution in [0.25, 0.3) is 0 Å². The highest BCUT2D eigenvalue weighted by Crippen LogP contribution is 2.48. The molecule has 1 unspecified atom stereocenters. The maximum Gasteiger partial charge on any atom is 0.416 e. The van der Waals surface area contributed by atoms with Crippen LogP contribution in [0.1, 0.15) is 224 Å². The predicted molar refractivity (Wildman–Crippen MR) is 595 cm³/mol. The fourth-order valence-corrected chi connectivity index (χ4v) is 22.1. The summed E-state index contributed by atoms with van der Waals surface area (Å²) in [7, 11) is -2.04. The van der Waals surface area contributed by atoms with Crippen molar-refractivity contribution in [2.45, 2.75) is 359 Å². The van der Waals surface area contributed by atoms with Crippen LogP contribution in [0.15, 0.2) is 158 Å². The number of ether oxygens (including phenoxy) is 6. The normalized spacial score (nSPS) is 19.5. The molecule has 0 saturated carbocycles. The smallest absolute Gasteiger partial charge is 0.416 e. The molecule has 144 heavy (non-hydrogen) atoms. The number of rotatable bonds is 49. The van der Waals surface area contributed by atoms with Crippen LogP contribution in [0.2, 0.25) is 72.5 Å². The summed E-state index contributed by atoms with van der Waals surface area (Å²) in [6.07, 6.45) is 17.1. The molecule has 3 fully saturated rings. The molecular weight excluding hydrogens is 1910 g/mol. The highest BCUT2D eigenvalue weighted by Gasteiger charge is 2.48. The Kier molecular flexibility index (Phi) is 60.2. The summed E-state index contributed by atoms with van der Waals surface area (Å²) in [6.45, 7) is 91.4. The molecule has 20 atom stereocenters. The summed E-state index contributed by atoms with van der Waals surface area (Å²) in [6, 6.07) is 19.2. The number of amides is 6. The molecule has 2 N–H and O–H groups in total. The molecule has 3 saturated heterocycles. The third-order valence-electron chi connectivity index (χ3n) is 30.2. The van der Waals surface area contributed by atoms with E-state index in [-0.39, 0.29) is 189 Å². The van der Waals surface area contributed by atoms with Gasteiger partial charge in [0.2, 0.25) is 23.6 Å². The maximum absolute atomic E-state index is 13.6. The zero-order valence-electron chi connectivity index (χ0n) is 96.3. The van der Waals surface area contributed by atoms with Gasteiger partial charge < -0.3 is 65.1 Å². The number of ketones is 1. The monoisotopic (exact) mass is 2100 g/mol. The van der Waals surface area contributed by atoms with Gasteiger partial charge in [0, 0.05) is 110 Å². The summed E-state index contributed by atoms with van der Waals surface area (Å²) < 4.78 is 81.9. The Morgan fingerprint density at radius 2 is 0.771 bits per heavy atom. The second kappa shape index (κ2) is 63.3. The van der Waals surface area contributed by atoms with E-state index < -0.39 is 53.1 Å². The molecule has 0 bridgehead atoms. The van der Waals surface area contributed by atoms with E-state index in [1.807, 2.05) is 121 Å². The minimum Gasteiger partial charge on any atom is -0.447 e. The first-order valence-corrected chi connectivity index (χ1v) is 64.4. The fraction of sp³-hybridized carbons (Fsp3) is 0.673. The number of hydrogen-bond donors (Lipinski definition) is 2. The first-order valence-electron chi connectivity index (χ1n) is 51.1. The van der Waals surface area contributed by atoms with Gasteiger partial charge in [-0.15, -0.1) is 26.3 Å². The molecule has 820 valence electrons. The first kappa shape index (κ1) is 137. The number of Topliss-reactive ketones (excluding diaryl/α,β-unsaturated/α-hetero) is 1. The topological polar surface area (TPSA) is 320 Å². The SMILES string of the molecule is C=CC(OC)[C@@H](O[Si](C)(C)C(C)(C)C)[C@H](C)/C=C(/C)[C@H](C)[C@H](C)C(=O)N1C(=O)OC[C@H]1Cc1ccccc1.C=C[C@H](OC)[C@@H](O[Si](C)(C)C(C)(C)C)[C@H](C)/C=C(/C)C=O.C=C[C@H](OC)[C@@H](O[Si](C)(C)C(C)(C)C)[C@H](C)/C=C(/C)[C@H](C)[C@H](C)C(=O)CP(=O)(OC)OC.C=C[C@H](OC)[C@@H](O[Si](C)(C)C(C)(C)C)[C@H](C)/C=C(/C)[C@H](C)[C@H](C)CO.CCC(=O)N1C(=O)OC[C@H]1Cc1ccccc1.O=CCC1CC(=O)NC(=O)C1. The van der Waals surface area contributed by atoms with Crippen molar-refractivity contribution in [1.29, 1.82) is 0 Å². The van der Waals surface area contributed by atoms with Crippen molar-refractivity contribution in [3.8, 4) is 0 Å². The van der Waals surface area contributed by atoms with E-state index in [0.717, 1.165) is 34.8 Å². The third-order valence-corrected chi connectivity index (χ3v) is 49.9. The molecule has 2 aromatic carbocycles. The Bertz CT molecular complexity index is 4480. The van der Waals surface area contributed by atoms with Gasteiger partial charge in [-0.25, -0.2) is 19.4 Å². The molecule has 5 rings (SSSR count). The molecule has 6 amide bonds. The van der Waals surface area contributed by atoms with E-state index in [1.165, 1.54) is 29.6 Å². The van der Waals surface area contributed by atoms with Gasteiger partial charge >= 0.3 is 19.8 Å². The number of nitrogens with one attached hydrogen (secondary N) is 1. The summed E-state index contributed by atoms with van der Waals surface area (Å²) in [5, 5.41) is 12.0. The molecule has 0 radical (unpaired) electrons. The average Bonchev–Trinajstić information content (AvgIpc) is 1.56. The first-order chi connectivity index (χ1) is 66.4. The van der Waals surface area contributed by atoms with Crippen molar-refractivity contribution < 1.29 is 108 Å². The van der Waals surface area contributed by atoms with E-state index in [4.69, 9.17) is 55.2 Å². The number of aliphatic hydroxyl groups is 1. The summed E-state index contributed by atoms with van der Waals surface area (Å²) in [4.78, 5) is 107. The van der Waals surface area contributed by atoms with E-state index in [1.54, 1.807) is 53.6 Å². The zero-order valence-corrected chi connectivity index (χ0v) is 101. The molecular formula is C113H194N3O23PSi4. The molecule has 0 aromatic heterocycles. The number of allylic oxidation sites excluding steroid dienone is 4. The molecule has 0 aliphatic carbocycles. The number of nitrogens with zero attached hydrogens (tertiary/aromatic N) is 2. The van der Waals surface area contributed by atoms with E-state index in [9.17, 15) is 52.8 Å². The number of benzene rings is 2. The van der Waals surface area contributed by atoms with Crippen LogP contribution in [0.4, 0.5) is 9.59 Å². The van der Waals surface area contributed by atoms with Gasteiger partial charge in [-0.3, -0.25) is 38.6 Å². The summed E-state index contributed by atoms with van der Waals surface area (Å²) in [5.74, 6) is -1.02. The Morgan fingerprint density at radius 1 is 0.472 bits per heavy atom. The minimum absolute atomic E-state index is 0.0272. The number of imide groups is 3. The fourth-order valence-electron chi connectivity index (χ4n) is 15.5. The van der Waals surface area contributed by atoms with E-state index in [0.29, 0.717) is 56.6 Å². The number of methoxy groups -OCH3 is 4. The van der Waals surface area contributed by atoms with Crippen molar-refractivity contribution in [2.75, 3.05) is 68.6 Å². The van der Waals surface area contributed by atoms with Crippen molar-refractivity contribution in [3.05, 3.63) is 169 Å². The Labute approximate surface area is 874 Å². The van der Waals surface area contributed by atoms with E-state index in [2.05, 4.69) is 234 Å². The Balaban J connectivity index is 0.00000176. The standard InChI is InChI=1S/C31H49NO5Si.C24H47O6PSi.C21H42O3Si.C17H32O3Si.C13H15NO3.C7H9NO3/c1-12-27(35-9)28(37-38(10,11)31(6,7)8)22(3)18-21(2)23(4)24(5)29(33)32-26(20-36-30(32)34)19-25-16-14-13-15-17-25;1-14-22(27-9)23(30-32(12,13)24(6,7)8)18(3)15-17(2)19(4)20(5)21(25)16-31(26,28-10)29-11;1-12-19(23-9)20(24-25(10,11)21(6,7)8)16(3)13-15(2)18(5)17(4)14-22;1-10-15(19-7)16(14(3)11-13(2)12-18)20-21(8,9)17(4,5)6;1-2-12(15)14-11(9-17-13(14)16)8-10-6-4-3-5-7-10;9-2-1-5-3-6(10)8-7(11)4-5/h12-18,22-24,26-28H,1,19-20H2,2-11H3;14-15,18-20,22-23H,1,16H2,2-13H3;12-13,16-20,22H,1,14H2,2-11H3;10-12,14-16H,1H2,2-9H3;3-7,11H,2,8-9H2,1H3;2,5H,1,3-4H2,(H,8,10,11)/b21-18-;17-15-;15-13-;13-11-;;/t22-,23+,24+,26-,27?,28+;18-,19+,20+,22+,23+;16-,17-,18+,19+,20+;14-,15+,16+;11-;/m11111./s1. The lowest BCUT2D eigenvalue weighted by Crippen LogP contribution is -2.49. The van der Waals surface area contributed by atoms with Gasteiger partial charge in [0.15, 0.2) is 33.3 Å². The van der Waals surface area contributed by atoms with Crippen molar-refractivity contribution in [3.63, 3.8) is 0 Å². The number of cyclic esters (lactones) is 2. The lowest BCUT2D eigenvalue weighted by Gasteiger charge is -2.42. The number of piperidine rings is 1. The number of aliphatic hydroxyl groups excluding tert-OH is 1. The van der Waals surface area contributed by atoms with Gasteiger partial charge in [-0.05, 0) is 159 Å². The Hall–Kier alpha value is -6.95. The molecule has 3 heterocycles. The van der Waals surface area contributed by atoms with Crippen LogP contribution in [0.5, 0.6) is 0 Å². The molecule has 0 spiro atoms. The number of aldehydes is 2. The van der Waals surface area contributed by atoms with Crippen molar-refractivity contribution >= 4 is 95.0 Å². The molecule has 26 nitrogen and oxygen atoms in total. The number of carbonyl (C=O) groups is 9. The van der Waals surface area contributed by atoms with Crippen LogP contribution < -0.4 is 5.32 Å². The Morgan fingerprint density at radius 3 is 1.05 bits per heavy atom.